The molecule has 0 spiro atoms. The molecule has 2 amide bonds. The number of aliphatic hydroxyl groups is 1. The Kier molecular flexibility index (Phi) is 5.83. The Labute approximate surface area is 131 Å². The van der Waals surface area contributed by atoms with Crippen molar-refractivity contribution in [2.24, 2.45) is 5.92 Å². The van der Waals surface area contributed by atoms with Gasteiger partial charge >= 0.3 is 6.03 Å². The fourth-order valence-corrected chi connectivity index (χ4v) is 2.71. The second kappa shape index (κ2) is 7.84. The maximum Gasteiger partial charge on any atom is 0.319 e. The molecule has 0 aliphatic rings. The first-order valence-electron chi connectivity index (χ1n) is 7.87. The van der Waals surface area contributed by atoms with Crippen LogP contribution in [0.1, 0.15) is 31.9 Å². The summed E-state index contributed by atoms with van der Waals surface area (Å²) in [5, 5.41) is 15.9. The van der Waals surface area contributed by atoms with Gasteiger partial charge in [-0.1, -0.05) is 13.3 Å². The van der Waals surface area contributed by atoms with Crippen molar-refractivity contribution in [3.8, 4) is 0 Å². The first kappa shape index (κ1) is 16.4. The molecule has 5 heteroatoms. The Hall–Kier alpha value is -2.01. The van der Waals surface area contributed by atoms with E-state index in [1.807, 2.05) is 25.1 Å². The first-order chi connectivity index (χ1) is 10.6. The van der Waals surface area contributed by atoms with Crippen LogP contribution in [0.5, 0.6) is 0 Å². The number of urea groups is 1. The fourth-order valence-electron chi connectivity index (χ4n) is 2.71. The minimum atomic E-state index is -0.203. The monoisotopic (exact) mass is 303 g/mol. The zero-order valence-corrected chi connectivity index (χ0v) is 13.3. The van der Waals surface area contributed by atoms with Crippen molar-refractivity contribution in [1.82, 2.24) is 10.3 Å². The van der Waals surface area contributed by atoms with E-state index in [0.717, 1.165) is 41.5 Å². The summed E-state index contributed by atoms with van der Waals surface area (Å²) >= 11 is 0. The normalized spacial score (nSPS) is 12.3. The Morgan fingerprint density at radius 3 is 2.86 bits per heavy atom. The zero-order chi connectivity index (χ0) is 15.9. The highest BCUT2D eigenvalue weighted by molar-refractivity contribution is 5.92. The average molecular weight is 303 g/mol. The molecule has 120 valence electrons. The number of rotatable bonds is 7. The van der Waals surface area contributed by atoms with E-state index in [1.54, 1.807) is 0 Å². The Balaban J connectivity index is 1.89. The van der Waals surface area contributed by atoms with E-state index in [-0.39, 0.29) is 12.6 Å². The van der Waals surface area contributed by atoms with Crippen LogP contribution in [0.3, 0.4) is 0 Å². The molecule has 0 bridgehead atoms. The number of aryl methyl sites for hydroxylation is 1. The van der Waals surface area contributed by atoms with Crippen LogP contribution in [0.15, 0.2) is 24.3 Å². The van der Waals surface area contributed by atoms with E-state index in [4.69, 9.17) is 5.11 Å². The van der Waals surface area contributed by atoms with Crippen molar-refractivity contribution in [2.75, 3.05) is 18.5 Å². The number of hydrogen-bond donors (Lipinski definition) is 4. The molecule has 0 saturated heterocycles. The summed E-state index contributed by atoms with van der Waals surface area (Å²) < 4.78 is 0. The summed E-state index contributed by atoms with van der Waals surface area (Å²) in [6, 6.07) is 7.65. The fraction of sp³-hybridized carbons (Fsp3) is 0.471. The van der Waals surface area contributed by atoms with Gasteiger partial charge in [-0.15, -0.1) is 0 Å². The molecule has 0 aliphatic carbocycles. The van der Waals surface area contributed by atoms with Gasteiger partial charge in [-0.25, -0.2) is 4.79 Å². The van der Waals surface area contributed by atoms with Crippen molar-refractivity contribution in [2.45, 2.75) is 33.1 Å². The van der Waals surface area contributed by atoms with E-state index in [0.29, 0.717) is 12.5 Å². The number of aliphatic hydroxyl groups excluding tert-OH is 1. The van der Waals surface area contributed by atoms with Gasteiger partial charge in [-0.05, 0) is 49.9 Å². The summed E-state index contributed by atoms with van der Waals surface area (Å²) in [6.45, 7) is 4.87. The minimum absolute atomic E-state index is 0.164. The van der Waals surface area contributed by atoms with E-state index in [2.05, 4.69) is 28.6 Å². The van der Waals surface area contributed by atoms with Crippen molar-refractivity contribution in [3.63, 3.8) is 0 Å². The third-order valence-electron chi connectivity index (χ3n) is 3.80. The van der Waals surface area contributed by atoms with Crippen LogP contribution in [-0.2, 0) is 0 Å². The molecule has 0 radical (unpaired) electrons. The standard InChI is InChI=1S/C17H25N3O2/c1-3-4-13(7-8-21)11-18-17(22)20-15-5-6-16-14(10-15)9-12(2)19-16/h5-6,9-10,13,19,21H,3-4,7-8,11H2,1-2H3,(H2,18,20,22). The van der Waals surface area contributed by atoms with Crippen molar-refractivity contribution in [3.05, 3.63) is 30.0 Å². The SMILES string of the molecule is CCCC(CCO)CNC(=O)Nc1ccc2[nH]c(C)cc2c1. The second-order valence-corrected chi connectivity index (χ2v) is 5.76. The van der Waals surface area contributed by atoms with Gasteiger partial charge in [0.15, 0.2) is 0 Å². The van der Waals surface area contributed by atoms with Gasteiger partial charge in [-0.2, -0.15) is 0 Å². The Morgan fingerprint density at radius 2 is 2.14 bits per heavy atom. The minimum Gasteiger partial charge on any atom is -0.396 e. The Morgan fingerprint density at radius 1 is 1.32 bits per heavy atom. The van der Waals surface area contributed by atoms with Crippen LogP contribution >= 0.6 is 0 Å². The molecule has 0 fully saturated rings. The summed E-state index contributed by atoms with van der Waals surface area (Å²) in [4.78, 5) is 15.2. The van der Waals surface area contributed by atoms with Gasteiger partial charge in [0.1, 0.15) is 0 Å². The molecular formula is C17H25N3O2. The Bertz CT molecular complexity index is 615. The quantitative estimate of drug-likeness (QED) is 0.632. The lowest BCUT2D eigenvalue weighted by Crippen LogP contribution is -2.33. The summed E-state index contributed by atoms with van der Waals surface area (Å²) in [5.41, 5.74) is 2.94. The first-order valence-corrected chi connectivity index (χ1v) is 7.87. The highest BCUT2D eigenvalue weighted by Crippen LogP contribution is 2.19. The molecule has 22 heavy (non-hydrogen) atoms. The number of anilines is 1. The molecule has 1 heterocycles. The van der Waals surface area contributed by atoms with E-state index >= 15 is 0 Å². The molecule has 4 N–H and O–H groups in total. The third-order valence-corrected chi connectivity index (χ3v) is 3.80. The molecule has 0 saturated carbocycles. The molecule has 2 rings (SSSR count). The zero-order valence-electron chi connectivity index (χ0n) is 13.3. The number of nitrogens with one attached hydrogen (secondary N) is 3. The largest absolute Gasteiger partial charge is 0.396 e. The van der Waals surface area contributed by atoms with Gasteiger partial charge in [-0.3, -0.25) is 0 Å². The van der Waals surface area contributed by atoms with Crippen LogP contribution < -0.4 is 10.6 Å². The molecule has 1 unspecified atom stereocenters. The maximum atomic E-state index is 12.0. The molecule has 2 aromatic rings. The van der Waals surface area contributed by atoms with Crippen LogP contribution in [0.4, 0.5) is 10.5 Å². The third kappa shape index (κ3) is 4.49. The molecule has 0 aliphatic heterocycles. The number of hydrogen-bond acceptors (Lipinski definition) is 2. The molecule has 1 aromatic heterocycles. The topological polar surface area (TPSA) is 77.2 Å². The number of benzene rings is 1. The predicted molar refractivity (Wildman–Crippen MR) is 90.2 cm³/mol. The van der Waals surface area contributed by atoms with E-state index in [1.165, 1.54) is 0 Å². The van der Waals surface area contributed by atoms with Gasteiger partial charge < -0.3 is 20.7 Å². The van der Waals surface area contributed by atoms with Gasteiger partial charge in [0.2, 0.25) is 0 Å². The molecular weight excluding hydrogens is 278 g/mol. The number of H-pyrrole nitrogens is 1. The number of carbonyl (C=O) groups is 1. The number of amides is 2. The lowest BCUT2D eigenvalue weighted by molar-refractivity contribution is 0.237. The van der Waals surface area contributed by atoms with Crippen LogP contribution in [-0.4, -0.2) is 29.3 Å². The molecule has 1 aromatic carbocycles. The number of aromatic amines is 1. The van der Waals surface area contributed by atoms with Crippen molar-refractivity contribution >= 4 is 22.6 Å². The number of aromatic nitrogens is 1. The molecule has 1 atom stereocenters. The van der Waals surface area contributed by atoms with Crippen molar-refractivity contribution < 1.29 is 9.90 Å². The van der Waals surface area contributed by atoms with Crippen LogP contribution in [0.2, 0.25) is 0 Å². The smallest absolute Gasteiger partial charge is 0.319 e. The number of carbonyl (C=O) groups excluding carboxylic acids is 1. The van der Waals surface area contributed by atoms with E-state index < -0.39 is 0 Å². The highest BCUT2D eigenvalue weighted by Gasteiger charge is 2.09. The van der Waals surface area contributed by atoms with Crippen LogP contribution in [0.25, 0.3) is 10.9 Å². The molecule has 5 nitrogen and oxygen atoms in total. The lowest BCUT2D eigenvalue weighted by atomic mass is 10.0. The van der Waals surface area contributed by atoms with Gasteiger partial charge in [0.25, 0.3) is 0 Å². The van der Waals surface area contributed by atoms with Crippen molar-refractivity contribution in [1.29, 1.82) is 0 Å². The predicted octanol–water partition coefficient (Wildman–Crippen LogP) is 3.40. The summed E-state index contributed by atoms with van der Waals surface area (Å²) in [6.07, 6.45) is 2.79. The van der Waals surface area contributed by atoms with Gasteiger partial charge in [0, 0.05) is 35.4 Å². The average Bonchev–Trinajstić information content (AvgIpc) is 2.84. The maximum absolute atomic E-state index is 12.0. The number of fused-ring (bicyclic) bond motifs is 1. The lowest BCUT2D eigenvalue weighted by Gasteiger charge is -2.16. The highest BCUT2D eigenvalue weighted by atomic mass is 16.3. The second-order valence-electron chi connectivity index (χ2n) is 5.76. The van der Waals surface area contributed by atoms with Gasteiger partial charge in [0.05, 0.1) is 0 Å². The summed E-state index contributed by atoms with van der Waals surface area (Å²) in [7, 11) is 0. The summed E-state index contributed by atoms with van der Waals surface area (Å²) in [5.74, 6) is 0.329. The van der Waals surface area contributed by atoms with Crippen LogP contribution in [0, 0.1) is 12.8 Å². The van der Waals surface area contributed by atoms with E-state index in [9.17, 15) is 4.79 Å².